The maximum atomic E-state index is 9.63. The minimum absolute atomic E-state index is 0. The third-order valence-corrected chi connectivity index (χ3v) is 3.37. The first-order valence-corrected chi connectivity index (χ1v) is 6.03. The van der Waals surface area contributed by atoms with Crippen molar-refractivity contribution in [2.45, 2.75) is 25.5 Å². The fourth-order valence-corrected chi connectivity index (χ4v) is 2.12. The van der Waals surface area contributed by atoms with E-state index in [2.05, 4.69) is 31.9 Å². The molecular formula is C10H14Br2ClNO. The third-order valence-electron chi connectivity index (χ3n) is 2.15. The van der Waals surface area contributed by atoms with Gasteiger partial charge >= 0.3 is 0 Å². The maximum Gasteiger partial charge on any atom is 0.0730 e. The zero-order chi connectivity index (χ0) is 10.7. The van der Waals surface area contributed by atoms with Gasteiger partial charge in [-0.05, 0) is 30.2 Å². The summed E-state index contributed by atoms with van der Waals surface area (Å²) >= 11 is 6.79. The van der Waals surface area contributed by atoms with Gasteiger partial charge in [-0.1, -0.05) is 38.8 Å². The predicted molar refractivity (Wildman–Crippen MR) is 72.3 cm³/mol. The number of hydrogen-bond acceptors (Lipinski definition) is 2. The number of aliphatic hydroxyl groups excluding tert-OH is 1. The van der Waals surface area contributed by atoms with Gasteiger partial charge in [0.15, 0.2) is 0 Å². The molecule has 1 aromatic carbocycles. The van der Waals surface area contributed by atoms with Crippen LogP contribution in [0.5, 0.6) is 0 Å². The second kappa shape index (κ2) is 6.86. The first kappa shape index (κ1) is 15.4. The van der Waals surface area contributed by atoms with E-state index in [1.807, 2.05) is 25.1 Å². The van der Waals surface area contributed by atoms with E-state index in [1.165, 1.54) is 0 Å². The number of rotatable bonds is 3. The van der Waals surface area contributed by atoms with Crippen molar-refractivity contribution in [2.75, 3.05) is 0 Å². The van der Waals surface area contributed by atoms with Gasteiger partial charge in [-0.15, -0.1) is 12.4 Å². The molecule has 3 N–H and O–H groups in total. The molecule has 0 unspecified atom stereocenters. The van der Waals surface area contributed by atoms with E-state index in [0.717, 1.165) is 14.5 Å². The average molecular weight is 359 g/mol. The van der Waals surface area contributed by atoms with Gasteiger partial charge < -0.3 is 10.8 Å². The van der Waals surface area contributed by atoms with Gasteiger partial charge in [0.25, 0.3) is 0 Å². The average Bonchev–Trinajstić information content (AvgIpc) is 2.19. The molecule has 0 bridgehead atoms. The molecule has 15 heavy (non-hydrogen) atoms. The van der Waals surface area contributed by atoms with Gasteiger partial charge in [0, 0.05) is 8.95 Å². The number of benzene rings is 1. The lowest BCUT2D eigenvalue weighted by molar-refractivity contribution is 0.140. The first-order valence-electron chi connectivity index (χ1n) is 4.44. The lowest BCUT2D eigenvalue weighted by Gasteiger charge is -2.19. The first-order chi connectivity index (χ1) is 6.56. The van der Waals surface area contributed by atoms with Crippen LogP contribution in [0.4, 0.5) is 0 Å². The van der Waals surface area contributed by atoms with Crippen molar-refractivity contribution >= 4 is 44.3 Å². The molecule has 0 fully saturated rings. The summed E-state index contributed by atoms with van der Waals surface area (Å²) in [6.45, 7) is 1.91. The Morgan fingerprint density at radius 3 is 2.53 bits per heavy atom. The molecule has 86 valence electrons. The molecule has 0 saturated heterocycles. The van der Waals surface area contributed by atoms with Crippen LogP contribution in [0.2, 0.25) is 0 Å². The van der Waals surface area contributed by atoms with Crippen molar-refractivity contribution in [1.29, 1.82) is 0 Å². The highest BCUT2D eigenvalue weighted by Gasteiger charge is 2.17. The summed E-state index contributed by atoms with van der Waals surface area (Å²) < 4.78 is 1.90. The molecule has 0 aliphatic rings. The van der Waals surface area contributed by atoms with E-state index in [9.17, 15) is 5.11 Å². The number of halogens is 3. The van der Waals surface area contributed by atoms with Crippen LogP contribution >= 0.6 is 44.3 Å². The van der Waals surface area contributed by atoms with E-state index >= 15 is 0 Å². The minimum atomic E-state index is -0.499. The van der Waals surface area contributed by atoms with Crippen LogP contribution in [0.3, 0.4) is 0 Å². The zero-order valence-corrected chi connectivity index (χ0v) is 12.3. The van der Waals surface area contributed by atoms with Crippen LogP contribution in [0, 0.1) is 0 Å². The molecule has 1 aromatic rings. The molecular weight excluding hydrogens is 345 g/mol. The molecule has 0 amide bonds. The van der Waals surface area contributed by atoms with Crippen molar-refractivity contribution in [2.24, 2.45) is 5.73 Å². The normalized spacial score (nSPS) is 14.2. The van der Waals surface area contributed by atoms with E-state index in [0.29, 0.717) is 6.42 Å². The monoisotopic (exact) mass is 357 g/mol. The summed E-state index contributed by atoms with van der Waals surface area (Å²) in [5.74, 6) is 0. The smallest absolute Gasteiger partial charge is 0.0730 e. The second-order valence-electron chi connectivity index (χ2n) is 3.17. The summed E-state index contributed by atoms with van der Waals surface area (Å²) in [7, 11) is 0. The zero-order valence-electron chi connectivity index (χ0n) is 8.28. The summed E-state index contributed by atoms with van der Waals surface area (Å²) in [4.78, 5) is 0. The minimum Gasteiger partial charge on any atom is -0.391 e. The van der Waals surface area contributed by atoms with Crippen molar-refractivity contribution in [1.82, 2.24) is 0 Å². The molecule has 0 aromatic heterocycles. The van der Waals surface area contributed by atoms with Gasteiger partial charge in [-0.2, -0.15) is 0 Å². The molecule has 5 heteroatoms. The van der Waals surface area contributed by atoms with Crippen molar-refractivity contribution in [3.63, 3.8) is 0 Å². The third kappa shape index (κ3) is 4.04. The summed E-state index contributed by atoms with van der Waals surface area (Å²) in [5, 5.41) is 9.63. The van der Waals surface area contributed by atoms with Gasteiger partial charge in [0.2, 0.25) is 0 Å². The lowest BCUT2D eigenvalue weighted by Crippen LogP contribution is -2.25. The highest BCUT2D eigenvalue weighted by atomic mass is 79.9. The van der Waals surface area contributed by atoms with Crippen molar-refractivity contribution in [3.8, 4) is 0 Å². The standard InChI is InChI=1S/C10H13Br2NO.ClH/c1-2-9(14)10(13)7-5-6(11)3-4-8(7)12;/h3-5,9-10,14H,2,13H2,1H3;1H/t9-,10+;/m0./s1. The predicted octanol–water partition coefficient (Wildman–Crippen LogP) is 3.40. The second-order valence-corrected chi connectivity index (χ2v) is 4.94. The number of hydrogen-bond donors (Lipinski definition) is 2. The Hall–Kier alpha value is 0.390. The van der Waals surface area contributed by atoms with E-state index < -0.39 is 6.10 Å². The molecule has 2 nitrogen and oxygen atoms in total. The molecule has 1 rings (SSSR count). The maximum absolute atomic E-state index is 9.63. The Morgan fingerprint density at radius 2 is 2.00 bits per heavy atom. The topological polar surface area (TPSA) is 46.2 Å². The Labute approximate surface area is 113 Å². The Morgan fingerprint density at radius 1 is 1.40 bits per heavy atom. The molecule has 0 aliphatic carbocycles. The van der Waals surface area contributed by atoms with Crippen molar-refractivity contribution in [3.05, 3.63) is 32.7 Å². The van der Waals surface area contributed by atoms with Crippen LogP contribution in [0.25, 0.3) is 0 Å². The fraction of sp³-hybridized carbons (Fsp3) is 0.400. The molecule has 0 radical (unpaired) electrons. The Balaban J connectivity index is 0.00000196. The molecule has 0 heterocycles. The van der Waals surface area contributed by atoms with Crippen LogP contribution < -0.4 is 5.73 Å². The highest BCUT2D eigenvalue weighted by Crippen LogP contribution is 2.28. The van der Waals surface area contributed by atoms with Gasteiger partial charge in [0.1, 0.15) is 0 Å². The quantitative estimate of drug-likeness (QED) is 0.869. The van der Waals surface area contributed by atoms with Crippen LogP contribution in [0.1, 0.15) is 24.9 Å². The Bertz CT molecular complexity index is 322. The lowest BCUT2D eigenvalue weighted by atomic mass is 10.0. The van der Waals surface area contributed by atoms with E-state index in [-0.39, 0.29) is 18.4 Å². The van der Waals surface area contributed by atoms with Crippen LogP contribution in [-0.2, 0) is 0 Å². The number of aliphatic hydroxyl groups is 1. The summed E-state index contributed by atoms with van der Waals surface area (Å²) in [6.07, 6.45) is 0.153. The number of nitrogens with two attached hydrogens (primary N) is 1. The molecule has 2 atom stereocenters. The largest absolute Gasteiger partial charge is 0.391 e. The van der Waals surface area contributed by atoms with Crippen LogP contribution in [-0.4, -0.2) is 11.2 Å². The highest BCUT2D eigenvalue weighted by molar-refractivity contribution is 9.11. The van der Waals surface area contributed by atoms with Gasteiger partial charge in [-0.25, -0.2) is 0 Å². The SMILES string of the molecule is CC[C@H](O)[C@H](N)c1cc(Br)ccc1Br.Cl. The van der Waals surface area contributed by atoms with E-state index in [4.69, 9.17) is 5.73 Å². The Kier molecular flexibility index (Phi) is 7.04. The molecule has 0 spiro atoms. The van der Waals surface area contributed by atoms with Gasteiger partial charge in [-0.3, -0.25) is 0 Å². The van der Waals surface area contributed by atoms with Crippen molar-refractivity contribution < 1.29 is 5.11 Å². The van der Waals surface area contributed by atoms with E-state index in [1.54, 1.807) is 0 Å². The fourth-order valence-electron chi connectivity index (χ4n) is 1.23. The molecule has 0 saturated carbocycles. The van der Waals surface area contributed by atoms with Crippen LogP contribution in [0.15, 0.2) is 27.1 Å². The summed E-state index contributed by atoms with van der Waals surface area (Å²) in [6, 6.07) is 5.43. The van der Waals surface area contributed by atoms with Gasteiger partial charge in [0.05, 0.1) is 12.1 Å². The summed E-state index contributed by atoms with van der Waals surface area (Å²) in [5.41, 5.74) is 6.84. The molecule has 0 aliphatic heterocycles.